The molecule has 0 aromatic heterocycles. The fourth-order valence-corrected chi connectivity index (χ4v) is 5.10. The molecule has 36 heavy (non-hydrogen) atoms. The van der Waals surface area contributed by atoms with E-state index in [1.807, 2.05) is 61.5 Å². The van der Waals surface area contributed by atoms with Gasteiger partial charge in [0.25, 0.3) is 16.0 Å². The predicted molar refractivity (Wildman–Crippen MR) is 144 cm³/mol. The van der Waals surface area contributed by atoms with E-state index in [2.05, 4.69) is 9.39 Å². The van der Waals surface area contributed by atoms with Crippen molar-refractivity contribution in [3.8, 4) is 0 Å². The van der Waals surface area contributed by atoms with Crippen LogP contribution in [-0.4, -0.2) is 37.5 Å². The van der Waals surface area contributed by atoms with Crippen LogP contribution in [0.4, 0.5) is 0 Å². The fraction of sp³-hybridized carbons (Fsp3) is 0.222. The van der Waals surface area contributed by atoms with E-state index in [1.54, 1.807) is 29.3 Å². The molecule has 0 radical (unpaired) electrons. The van der Waals surface area contributed by atoms with Gasteiger partial charge < -0.3 is 5.73 Å². The van der Waals surface area contributed by atoms with Gasteiger partial charge in [-0.3, -0.25) is 0 Å². The maximum absolute atomic E-state index is 13.2. The van der Waals surface area contributed by atoms with E-state index in [0.29, 0.717) is 17.4 Å². The third-order valence-electron chi connectivity index (χ3n) is 6.23. The first-order chi connectivity index (χ1) is 17.3. The molecule has 7 nitrogen and oxygen atoms in total. The Labute approximate surface area is 216 Å². The molecule has 0 amide bonds. The Morgan fingerprint density at radius 2 is 1.67 bits per heavy atom. The molecule has 0 bridgehead atoms. The van der Waals surface area contributed by atoms with Crippen LogP contribution in [0.5, 0.6) is 0 Å². The van der Waals surface area contributed by atoms with E-state index in [-0.39, 0.29) is 22.7 Å². The summed E-state index contributed by atoms with van der Waals surface area (Å²) in [6, 6.07) is 23.9. The topological polar surface area (TPSA) is 100 Å². The third-order valence-corrected chi connectivity index (χ3v) is 7.76. The number of hydrogen-bond acceptors (Lipinski definition) is 3. The molecule has 0 unspecified atom stereocenters. The van der Waals surface area contributed by atoms with Crippen molar-refractivity contribution < 1.29 is 8.42 Å². The summed E-state index contributed by atoms with van der Waals surface area (Å²) >= 11 is 6.12. The first-order valence-corrected chi connectivity index (χ1v) is 13.5. The number of benzene rings is 3. The zero-order chi connectivity index (χ0) is 25.3. The summed E-state index contributed by atoms with van der Waals surface area (Å²) in [5.74, 6) is 0.352. The second kappa shape index (κ2) is 9.87. The Hall–Kier alpha value is -3.49. The molecule has 0 saturated heterocycles. The lowest BCUT2D eigenvalue weighted by molar-refractivity contribution is 0.470. The summed E-state index contributed by atoms with van der Waals surface area (Å²) < 4.78 is 30.6. The van der Waals surface area contributed by atoms with E-state index in [9.17, 15) is 8.42 Å². The molecule has 2 aliphatic rings. The number of aryl methyl sites for hydroxylation is 1. The smallest absolute Gasteiger partial charge is 0.285 e. The van der Waals surface area contributed by atoms with Crippen LogP contribution < -0.4 is 5.73 Å². The molecule has 9 heteroatoms. The van der Waals surface area contributed by atoms with Gasteiger partial charge >= 0.3 is 0 Å². The van der Waals surface area contributed by atoms with E-state index in [1.165, 1.54) is 0 Å². The monoisotopic (exact) mass is 519 g/mol. The highest BCUT2D eigenvalue weighted by Crippen LogP contribution is 2.32. The molecule has 3 aromatic rings. The number of nitrogens with two attached hydrogens (primary N) is 1. The summed E-state index contributed by atoms with van der Waals surface area (Å²) in [6.45, 7) is 2.26. The number of amidine groups is 1. The Kier molecular flexibility index (Phi) is 6.64. The molecule has 3 aromatic carbocycles. The van der Waals surface area contributed by atoms with Crippen molar-refractivity contribution in [2.24, 2.45) is 26.1 Å². The van der Waals surface area contributed by atoms with Crippen molar-refractivity contribution in [3.05, 3.63) is 101 Å². The van der Waals surface area contributed by atoms with Gasteiger partial charge in [0.05, 0.1) is 17.2 Å². The molecule has 1 fully saturated rings. The summed E-state index contributed by atoms with van der Waals surface area (Å²) in [6.07, 6.45) is 1.86. The van der Waals surface area contributed by atoms with Crippen molar-refractivity contribution >= 4 is 39.1 Å². The minimum Gasteiger partial charge on any atom is -0.387 e. The Bertz CT molecular complexity index is 1450. The van der Waals surface area contributed by atoms with Crippen molar-refractivity contribution in [3.63, 3.8) is 0 Å². The van der Waals surface area contributed by atoms with Crippen molar-refractivity contribution in [2.45, 2.75) is 30.6 Å². The molecular formula is C27H26ClN5O2S. The maximum atomic E-state index is 13.2. The van der Waals surface area contributed by atoms with Gasteiger partial charge in [-0.15, -0.1) is 4.40 Å². The van der Waals surface area contributed by atoms with Crippen LogP contribution in [-0.2, 0) is 10.0 Å². The average Bonchev–Trinajstić information content (AvgIpc) is 3.63. The molecule has 1 saturated carbocycles. The first kappa shape index (κ1) is 24.2. The van der Waals surface area contributed by atoms with Gasteiger partial charge in [0.1, 0.15) is 5.84 Å². The lowest BCUT2D eigenvalue weighted by atomic mass is 9.91. The van der Waals surface area contributed by atoms with Gasteiger partial charge in [-0.1, -0.05) is 71.8 Å². The molecular weight excluding hydrogens is 494 g/mol. The minimum atomic E-state index is -4.04. The lowest BCUT2D eigenvalue weighted by Gasteiger charge is -2.16. The molecule has 0 spiro atoms. The second-order valence-electron chi connectivity index (χ2n) is 9.03. The van der Waals surface area contributed by atoms with Gasteiger partial charge in [-0.2, -0.15) is 18.5 Å². The average molecular weight is 520 g/mol. The number of hydrazone groups is 1. The number of guanidine groups is 1. The van der Waals surface area contributed by atoms with E-state index < -0.39 is 10.0 Å². The maximum Gasteiger partial charge on any atom is 0.285 e. The lowest BCUT2D eigenvalue weighted by Crippen LogP contribution is -2.28. The second-order valence-corrected chi connectivity index (χ2v) is 11.1. The number of aliphatic imine (C=N–C) groups is 1. The highest BCUT2D eigenvalue weighted by molar-refractivity contribution is 7.90. The number of halogens is 1. The zero-order valence-electron chi connectivity index (χ0n) is 19.8. The molecule has 5 rings (SSSR count). The van der Waals surface area contributed by atoms with E-state index in [4.69, 9.17) is 22.4 Å². The van der Waals surface area contributed by atoms with Crippen LogP contribution in [0, 0.1) is 12.8 Å². The highest BCUT2D eigenvalue weighted by atomic mass is 35.5. The molecule has 1 heterocycles. The largest absolute Gasteiger partial charge is 0.387 e. The highest BCUT2D eigenvalue weighted by Gasteiger charge is 2.34. The van der Waals surface area contributed by atoms with Gasteiger partial charge in [-0.05, 0) is 55.2 Å². The summed E-state index contributed by atoms with van der Waals surface area (Å²) in [5.41, 5.74) is 9.88. The molecule has 184 valence electrons. The quantitative estimate of drug-likeness (QED) is 0.380. The Morgan fingerprint density at radius 3 is 2.31 bits per heavy atom. The van der Waals surface area contributed by atoms with Crippen LogP contribution in [0.1, 0.15) is 35.4 Å². The Balaban J connectivity index is 1.59. The van der Waals surface area contributed by atoms with Gasteiger partial charge in [0.2, 0.25) is 0 Å². The zero-order valence-corrected chi connectivity index (χ0v) is 21.3. The predicted octanol–water partition coefficient (Wildman–Crippen LogP) is 4.96. The van der Waals surface area contributed by atoms with Crippen LogP contribution in [0.2, 0.25) is 5.02 Å². The fourth-order valence-electron chi connectivity index (χ4n) is 4.04. The Morgan fingerprint density at radius 1 is 1.00 bits per heavy atom. The van der Waals surface area contributed by atoms with Crippen molar-refractivity contribution in [1.29, 1.82) is 0 Å². The number of nitrogens with zero attached hydrogens (tertiary/aromatic N) is 4. The normalized spacial score (nSPS) is 18.9. The van der Waals surface area contributed by atoms with E-state index in [0.717, 1.165) is 35.2 Å². The minimum absolute atomic E-state index is 0.0372. The third kappa shape index (κ3) is 5.34. The summed E-state index contributed by atoms with van der Waals surface area (Å²) in [5, 5.41) is 6.99. The number of rotatable bonds is 5. The van der Waals surface area contributed by atoms with Crippen LogP contribution in [0.3, 0.4) is 0 Å². The van der Waals surface area contributed by atoms with E-state index >= 15 is 0 Å². The number of hydrogen-bond donors (Lipinski definition) is 1. The van der Waals surface area contributed by atoms with Crippen LogP contribution in [0.15, 0.2) is 98.2 Å². The standard InChI is InChI=1S/C27H26ClN5O2S/c1-18-7-15-23(16-8-18)36(34,35)32-27(30-26(29)21-9-10-21)33-17-24(19-5-3-2-4-6-19)25(31-33)20-11-13-22(28)14-12-20/h2-8,11-16,21,24H,9-10,17H2,1H3,(H2,29,30,32)/t24-/m1/s1. The van der Waals surface area contributed by atoms with Crippen molar-refractivity contribution in [2.75, 3.05) is 6.54 Å². The number of sulfonamides is 1. The SMILES string of the molecule is Cc1ccc(S(=O)(=O)N=C(N=C(N)C2CC2)N2C[C@H](c3ccccc3)C(c3ccc(Cl)cc3)=N2)cc1. The summed E-state index contributed by atoms with van der Waals surface area (Å²) in [4.78, 5) is 4.57. The molecule has 1 aliphatic carbocycles. The molecule has 2 N–H and O–H groups in total. The van der Waals surface area contributed by atoms with Crippen LogP contribution in [0.25, 0.3) is 0 Å². The van der Waals surface area contributed by atoms with Crippen LogP contribution >= 0.6 is 11.6 Å². The van der Waals surface area contributed by atoms with Gasteiger partial charge in [0, 0.05) is 16.9 Å². The van der Waals surface area contributed by atoms with Crippen molar-refractivity contribution in [1.82, 2.24) is 5.01 Å². The van der Waals surface area contributed by atoms with Gasteiger partial charge in [0.15, 0.2) is 0 Å². The summed E-state index contributed by atoms with van der Waals surface area (Å²) in [7, 11) is -4.04. The molecule has 1 atom stereocenters. The molecule has 1 aliphatic heterocycles. The van der Waals surface area contributed by atoms with Gasteiger partial charge in [-0.25, -0.2) is 5.01 Å². The first-order valence-electron chi connectivity index (χ1n) is 11.7.